The summed E-state index contributed by atoms with van der Waals surface area (Å²) in [5.41, 5.74) is 1.19. The Morgan fingerprint density at radius 2 is 2.00 bits per heavy atom. The minimum atomic E-state index is -3.00. The van der Waals surface area contributed by atoms with Crippen molar-refractivity contribution in [2.24, 2.45) is 0 Å². The highest BCUT2D eigenvalue weighted by molar-refractivity contribution is 7.91. The number of benzene rings is 1. The normalized spacial score (nSPS) is 23.7. The summed E-state index contributed by atoms with van der Waals surface area (Å²) in [6.45, 7) is 2.97. The first-order valence-electron chi connectivity index (χ1n) is 8.36. The molecular formula is C17H23ClN2O3S. The van der Waals surface area contributed by atoms with E-state index in [0.29, 0.717) is 24.5 Å². The Kier molecular flexibility index (Phi) is 4.80. The van der Waals surface area contributed by atoms with Crippen molar-refractivity contribution < 1.29 is 13.2 Å². The van der Waals surface area contributed by atoms with Gasteiger partial charge in [-0.05, 0) is 43.9 Å². The third-order valence-corrected chi connectivity index (χ3v) is 7.14. The molecule has 1 aliphatic carbocycles. The number of nitrogens with one attached hydrogen (secondary N) is 1. The van der Waals surface area contributed by atoms with Crippen LogP contribution >= 0.6 is 11.6 Å². The van der Waals surface area contributed by atoms with E-state index in [1.54, 1.807) is 4.90 Å². The predicted octanol–water partition coefficient (Wildman–Crippen LogP) is 2.59. The van der Waals surface area contributed by atoms with Gasteiger partial charge in [-0.3, -0.25) is 0 Å². The fourth-order valence-corrected chi connectivity index (χ4v) is 5.31. The molecule has 0 aromatic heterocycles. The van der Waals surface area contributed by atoms with Crippen LogP contribution < -0.4 is 5.32 Å². The van der Waals surface area contributed by atoms with Gasteiger partial charge in [-0.1, -0.05) is 23.7 Å². The zero-order chi connectivity index (χ0) is 17.4. The first-order chi connectivity index (χ1) is 11.4. The summed E-state index contributed by atoms with van der Waals surface area (Å²) in [5, 5.41) is 3.72. The van der Waals surface area contributed by atoms with Crippen LogP contribution in [0.3, 0.4) is 0 Å². The van der Waals surface area contributed by atoms with Crippen molar-refractivity contribution in [1.29, 1.82) is 0 Å². The third kappa shape index (κ3) is 3.70. The van der Waals surface area contributed by atoms with Crippen molar-refractivity contribution >= 4 is 27.5 Å². The molecule has 1 saturated heterocycles. The molecule has 1 aliphatic heterocycles. The van der Waals surface area contributed by atoms with E-state index < -0.39 is 9.84 Å². The van der Waals surface area contributed by atoms with Gasteiger partial charge in [-0.25, -0.2) is 13.2 Å². The first-order valence-corrected chi connectivity index (χ1v) is 10.6. The second-order valence-electron chi connectivity index (χ2n) is 6.79. The van der Waals surface area contributed by atoms with Crippen LogP contribution in [-0.4, -0.2) is 50.0 Å². The lowest BCUT2D eigenvalue weighted by molar-refractivity contribution is 0.183. The number of urea groups is 1. The molecule has 3 rings (SSSR count). The molecular weight excluding hydrogens is 348 g/mol. The molecule has 1 unspecified atom stereocenters. The summed E-state index contributed by atoms with van der Waals surface area (Å²) in [5.74, 6) is 0.257. The summed E-state index contributed by atoms with van der Waals surface area (Å²) in [4.78, 5) is 14.2. The van der Waals surface area contributed by atoms with E-state index in [1.165, 1.54) is 5.56 Å². The molecule has 0 spiro atoms. The largest absolute Gasteiger partial charge is 0.337 e. The summed E-state index contributed by atoms with van der Waals surface area (Å²) in [7, 11) is -3.00. The van der Waals surface area contributed by atoms with Crippen molar-refractivity contribution in [3.8, 4) is 0 Å². The van der Waals surface area contributed by atoms with E-state index in [-0.39, 0.29) is 29.0 Å². The second-order valence-corrected chi connectivity index (χ2v) is 9.45. The molecule has 1 N–H and O–H groups in total. The van der Waals surface area contributed by atoms with Crippen molar-refractivity contribution in [2.75, 3.05) is 24.6 Å². The zero-order valence-electron chi connectivity index (χ0n) is 13.8. The summed E-state index contributed by atoms with van der Waals surface area (Å²) >= 11 is 5.94. The third-order valence-electron chi connectivity index (χ3n) is 5.14. The van der Waals surface area contributed by atoms with Crippen molar-refractivity contribution in [3.05, 3.63) is 34.9 Å². The van der Waals surface area contributed by atoms with Gasteiger partial charge in [0.15, 0.2) is 9.84 Å². The lowest BCUT2D eigenvalue weighted by Gasteiger charge is -2.28. The summed E-state index contributed by atoms with van der Waals surface area (Å²) in [6, 6.07) is 7.41. The molecule has 1 aromatic carbocycles. The maximum atomic E-state index is 12.5. The lowest BCUT2D eigenvalue weighted by Crippen LogP contribution is -2.48. The lowest BCUT2D eigenvalue weighted by atomic mass is 9.96. The van der Waals surface area contributed by atoms with Crippen LogP contribution in [0.5, 0.6) is 0 Å². The average molecular weight is 371 g/mol. The zero-order valence-corrected chi connectivity index (χ0v) is 15.4. The van der Waals surface area contributed by atoms with Gasteiger partial charge in [0.25, 0.3) is 0 Å². The Hall–Kier alpha value is -1.27. The van der Waals surface area contributed by atoms with Crippen molar-refractivity contribution in [3.63, 3.8) is 0 Å². The highest BCUT2D eigenvalue weighted by Gasteiger charge is 2.44. The molecule has 132 valence electrons. The standard InChI is InChI=1S/C17H23ClN2O3S/c1-2-20(15-7-10-24(22,23)11-15)16(21)19-12-17(8-9-17)13-3-5-14(18)6-4-13/h3-6,15H,2,7-12H2,1H3,(H,19,21). The number of sulfone groups is 1. The maximum Gasteiger partial charge on any atom is 0.317 e. The summed E-state index contributed by atoms with van der Waals surface area (Å²) < 4.78 is 23.3. The van der Waals surface area contributed by atoms with E-state index in [0.717, 1.165) is 12.8 Å². The van der Waals surface area contributed by atoms with Crippen LogP contribution in [0.15, 0.2) is 24.3 Å². The van der Waals surface area contributed by atoms with Gasteiger partial charge in [-0.2, -0.15) is 0 Å². The van der Waals surface area contributed by atoms with Crippen molar-refractivity contribution in [2.45, 2.75) is 37.6 Å². The Bertz CT molecular complexity index is 714. The van der Waals surface area contributed by atoms with Crippen LogP contribution in [0.25, 0.3) is 0 Å². The molecule has 2 aliphatic rings. The highest BCUT2D eigenvalue weighted by atomic mass is 35.5. The van der Waals surface area contributed by atoms with Crippen LogP contribution in [-0.2, 0) is 15.3 Å². The molecule has 5 nitrogen and oxygen atoms in total. The van der Waals surface area contributed by atoms with Gasteiger partial charge >= 0.3 is 6.03 Å². The number of amides is 2. The Morgan fingerprint density at radius 3 is 2.50 bits per heavy atom. The number of rotatable bonds is 5. The molecule has 1 heterocycles. The number of halogens is 1. The number of carbonyl (C=O) groups excluding carboxylic acids is 1. The minimum absolute atomic E-state index is 0.00140. The molecule has 1 saturated carbocycles. The van der Waals surface area contributed by atoms with Gasteiger partial charge < -0.3 is 10.2 Å². The second kappa shape index (κ2) is 6.56. The maximum absolute atomic E-state index is 12.5. The molecule has 0 bridgehead atoms. The monoisotopic (exact) mass is 370 g/mol. The quantitative estimate of drug-likeness (QED) is 0.866. The Balaban J connectivity index is 1.61. The average Bonchev–Trinajstić information content (AvgIpc) is 3.25. The fraction of sp³-hybridized carbons (Fsp3) is 0.588. The van der Waals surface area contributed by atoms with Gasteiger partial charge in [0.05, 0.1) is 11.5 Å². The molecule has 1 atom stereocenters. The summed E-state index contributed by atoms with van der Waals surface area (Å²) in [6.07, 6.45) is 2.61. The Labute approximate surface area is 148 Å². The van der Waals surface area contributed by atoms with E-state index in [9.17, 15) is 13.2 Å². The van der Waals surface area contributed by atoms with E-state index in [4.69, 9.17) is 11.6 Å². The van der Waals surface area contributed by atoms with Crippen LogP contribution in [0.2, 0.25) is 5.02 Å². The number of hydrogen-bond acceptors (Lipinski definition) is 3. The topological polar surface area (TPSA) is 66.5 Å². The smallest absolute Gasteiger partial charge is 0.317 e. The first kappa shape index (κ1) is 17.5. The van der Waals surface area contributed by atoms with Gasteiger partial charge in [-0.15, -0.1) is 0 Å². The number of nitrogens with zero attached hydrogens (tertiary/aromatic N) is 1. The fourth-order valence-electron chi connectivity index (χ4n) is 3.46. The van der Waals surface area contributed by atoms with Crippen molar-refractivity contribution in [1.82, 2.24) is 10.2 Å². The molecule has 7 heteroatoms. The van der Waals surface area contributed by atoms with Crippen LogP contribution in [0.4, 0.5) is 4.79 Å². The van der Waals surface area contributed by atoms with E-state index in [2.05, 4.69) is 5.32 Å². The number of hydrogen-bond donors (Lipinski definition) is 1. The van der Waals surface area contributed by atoms with Crippen LogP contribution in [0, 0.1) is 0 Å². The van der Waals surface area contributed by atoms with Gasteiger partial charge in [0.1, 0.15) is 0 Å². The van der Waals surface area contributed by atoms with E-state index in [1.807, 2.05) is 31.2 Å². The molecule has 2 amide bonds. The molecule has 0 radical (unpaired) electrons. The minimum Gasteiger partial charge on any atom is -0.337 e. The number of carbonyl (C=O) groups is 1. The van der Waals surface area contributed by atoms with Gasteiger partial charge in [0.2, 0.25) is 0 Å². The molecule has 1 aromatic rings. The molecule has 2 fully saturated rings. The SMILES string of the molecule is CCN(C(=O)NCC1(c2ccc(Cl)cc2)CC1)C1CCS(=O)(=O)C1. The molecule has 24 heavy (non-hydrogen) atoms. The highest BCUT2D eigenvalue weighted by Crippen LogP contribution is 2.47. The van der Waals surface area contributed by atoms with Crippen LogP contribution in [0.1, 0.15) is 31.7 Å². The van der Waals surface area contributed by atoms with E-state index >= 15 is 0 Å². The Morgan fingerprint density at radius 1 is 1.33 bits per heavy atom. The predicted molar refractivity (Wildman–Crippen MR) is 95.2 cm³/mol. The van der Waals surface area contributed by atoms with Gasteiger partial charge in [0, 0.05) is 29.6 Å².